The van der Waals surface area contributed by atoms with Crippen molar-refractivity contribution in [3.05, 3.63) is 30.3 Å². The van der Waals surface area contributed by atoms with Crippen molar-refractivity contribution in [2.45, 2.75) is 90.3 Å². The molecule has 2 aliphatic rings. The molecule has 2 fully saturated rings. The van der Waals surface area contributed by atoms with Crippen LogP contribution in [-0.4, -0.2) is 14.4 Å². The summed E-state index contributed by atoms with van der Waals surface area (Å²) in [5, 5.41) is 1.44. The zero-order valence-electron chi connectivity index (χ0n) is 16.7. The van der Waals surface area contributed by atoms with Crippen LogP contribution in [0.25, 0.3) is 0 Å². The molecular formula is C23H38OSi. The van der Waals surface area contributed by atoms with E-state index in [1.807, 2.05) is 0 Å². The van der Waals surface area contributed by atoms with E-state index in [0.29, 0.717) is 6.10 Å². The van der Waals surface area contributed by atoms with Crippen molar-refractivity contribution in [2.75, 3.05) is 0 Å². The average molecular weight is 359 g/mol. The van der Waals surface area contributed by atoms with Gasteiger partial charge >= 0.3 is 0 Å². The second-order valence-corrected chi connectivity index (χ2v) is 12.9. The van der Waals surface area contributed by atoms with E-state index in [-0.39, 0.29) is 0 Å². The molecule has 2 saturated carbocycles. The first-order valence-electron chi connectivity index (χ1n) is 10.8. The Hall–Kier alpha value is -0.603. The molecule has 140 valence electrons. The van der Waals surface area contributed by atoms with Gasteiger partial charge in [0.15, 0.2) is 0 Å². The average Bonchev–Trinajstić information content (AvgIpc) is 2.64. The molecule has 0 N–H and O–H groups in total. The van der Waals surface area contributed by atoms with E-state index < -0.39 is 8.32 Å². The molecule has 1 aromatic carbocycles. The van der Waals surface area contributed by atoms with Crippen molar-refractivity contribution in [1.29, 1.82) is 0 Å². The van der Waals surface area contributed by atoms with Gasteiger partial charge in [0.2, 0.25) is 8.32 Å². The van der Waals surface area contributed by atoms with Crippen LogP contribution in [0.2, 0.25) is 13.1 Å². The highest BCUT2D eigenvalue weighted by molar-refractivity contribution is 6.84. The third-order valence-corrected chi connectivity index (χ3v) is 9.55. The highest BCUT2D eigenvalue weighted by Gasteiger charge is 2.34. The fourth-order valence-corrected chi connectivity index (χ4v) is 7.56. The minimum Gasteiger partial charge on any atom is -0.410 e. The van der Waals surface area contributed by atoms with Crippen molar-refractivity contribution in [1.82, 2.24) is 0 Å². The van der Waals surface area contributed by atoms with E-state index in [4.69, 9.17) is 4.43 Å². The first kappa shape index (κ1) is 19.2. The summed E-state index contributed by atoms with van der Waals surface area (Å²) < 4.78 is 6.69. The predicted molar refractivity (Wildman–Crippen MR) is 111 cm³/mol. The number of hydrogen-bond donors (Lipinski definition) is 0. The first-order chi connectivity index (χ1) is 12.1. The lowest BCUT2D eigenvalue weighted by Gasteiger charge is -2.39. The lowest BCUT2D eigenvalue weighted by molar-refractivity contribution is 0.0884. The molecule has 3 rings (SSSR count). The Balaban J connectivity index is 1.45. The summed E-state index contributed by atoms with van der Waals surface area (Å²) in [6, 6.07) is 10.9. The third kappa shape index (κ3) is 5.20. The van der Waals surface area contributed by atoms with Crippen LogP contribution in [-0.2, 0) is 4.43 Å². The van der Waals surface area contributed by atoms with Crippen molar-refractivity contribution in [3.8, 4) is 0 Å². The zero-order valence-corrected chi connectivity index (χ0v) is 17.7. The fourth-order valence-electron chi connectivity index (χ4n) is 5.36. The zero-order chi connectivity index (χ0) is 17.7. The SMILES string of the molecule is CCCC1CCC(C2CCC(O[Si](C)(C)c3ccccc3)CC2)CC1. The second kappa shape index (κ2) is 8.86. The largest absolute Gasteiger partial charge is 0.410 e. The van der Waals surface area contributed by atoms with Crippen LogP contribution in [0.15, 0.2) is 30.3 Å². The van der Waals surface area contributed by atoms with E-state index in [1.54, 1.807) is 0 Å². The molecule has 0 spiro atoms. The Bertz CT molecular complexity index is 496. The van der Waals surface area contributed by atoms with Crippen LogP contribution in [0.4, 0.5) is 0 Å². The molecule has 25 heavy (non-hydrogen) atoms. The smallest absolute Gasteiger partial charge is 0.218 e. The molecule has 0 heterocycles. The minimum atomic E-state index is -1.75. The Morgan fingerprint density at radius 2 is 1.40 bits per heavy atom. The highest BCUT2D eigenvalue weighted by atomic mass is 28.4. The molecule has 2 heteroatoms. The summed E-state index contributed by atoms with van der Waals surface area (Å²) in [7, 11) is -1.75. The quantitative estimate of drug-likeness (QED) is 0.544. The van der Waals surface area contributed by atoms with Crippen LogP contribution in [0.1, 0.15) is 71.1 Å². The molecule has 1 aromatic rings. The molecule has 2 aliphatic carbocycles. The standard InChI is InChI=1S/C23H38OSi/c1-4-8-19-11-13-20(14-12-19)21-15-17-22(18-16-21)24-25(2,3)23-9-6-5-7-10-23/h5-7,9-10,19-22H,4,8,11-18H2,1-3H3. The first-order valence-corrected chi connectivity index (χ1v) is 13.7. The molecule has 0 saturated heterocycles. The number of hydrogen-bond acceptors (Lipinski definition) is 1. The van der Waals surface area contributed by atoms with E-state index in [9.17, 15) is 0 Å². The minimum absolute atomic E-state index is 0.509. The monoisotopic (exact) mass is 358 g/mol. The molecule has 0 atom stereocenters. The number of benzene rings is 1. The Morgan fingerprint density at radius 3 is 1.96 bits per heavy atom. The van der Waals surface area contributed by atoms with Gasteiger partial charge in [0.1, 0.15) is 0 Å². The van der Waals surface area contributed by atoms with Gasteiger partial charge in [-0.15, -0.1) is 0 Å². The van der Waals surface area contributed by atoms with Crippen molar-refractivity contribution in [3.63, 3.8) is 0 Å². The van der Waals surface area contributed by atoms with Crippen molar-refractivity contribution in [2.24, 2.45) is 17.8 Å². The molecular weight excluding hydrogens is 320 g/mol. The van der Waals surface area contributed by atoms with E-state index in [0.717, 1.165) is 17.8 Å². The Kier molecular flexibility index (Phi) is 6.79. The molecule has 0 bridgehead atoms. The van der Waals surface area contributed by atoms with Gasteiger partial charge in [0, 0.05) is 6.10 Å². The summed E-state index contributed by atoms with van der Waals surface area (Å²) >= 11 is 0. The highest BCUT2D eigenvalue weighted by Crippen LogP contribution is 2.41. The molecule has 0 aliphatic heterocycles. The van der Waals surface area contributed by atoms with Crippen LogP contribution in [0.5, 0.6) is 0 Å². The summed E-state index contributed by atoms with van der Waals surface area (Å²) in [5.74, 6) is 3.05. The van der Waals surface area contributed by atoms with Gasteiger partial charge in [-0.25, -0.2) is 0 Å². The lowest BCUT2D eigenvalue weighted by Crippen LogP contribution is -2.48. The van der Waals surface area contributed by atoms with Crippen LogP contribution in [0, 0.1) is 17.8 Å². The molecule has 0 amide bonds. The van der Waals surface area contributed by atoms with E-state index in [2.05, 4.69) is 50.3 Å². The van der Waals surface area contributed by atoms with Gasteiger partial charge < -0.3 is 4.43 Å². The maximum atomic E-state index is 6.69. The van der Waals surface area contributed by atoms with Crippen molar-refractivity contribution < 1.29 is 4.43 Å². The normalized spacial score (nSPS) is 31.0. The Morgan fingerprint density at radius 1 is 0.840 bits per heavy atom. The maximum Gasteiger partial charge on any atom is 0.218 e. The van der Waals surface area contributed by atoms with Gasteiger partial charge in [-0.2, -0.15) is 0 Å². The fraction of sp³-hybridized carbons (Fsp3) is 0.739. The van der Waals surface area contributed by atoms with Gasteiger partial charge in [0.05, 0.1) is 0 Å². The van der Waals surface area contributed by atoms with Crippen LogP contribution in [0.3, 0.4) is 0 Å². The van der Waals surface area contributed by atoms with Gasteiger partial charge in [-0.1, -0.05) is 62.9 Å². The maximum absolute atomic E-state index is 6.69. The molecule has 0 unspecified atom stereocenters. The van der Waals surface area contributed by atoms with E-state index in [1.165, 1.54) is 69.4 Å². The third-order valence-electron chi connectivity index (χ3n) is 6.90. The molecule has 0 aromatic heterocycles. The van der Waals surface area contributed by atoms with Gasteiger partial charge in [-0.05, 0) is 74.6 Å². The summed E-state index contributed by atoms with van der Waals surface area (Å²) in [6.07, 6.45) is 14.8. The van der Waals surface area contributed by atoms with E-state index >= 15 is 0 Å². The van der Waals surface area contributed by atoms with Crippen molar-refractivity contribution >= 4 is 13.5 Å². The van der Waals surface area contributed by atoms with Crippen LogP contribution < -0.4 is 5.19 Å². The predicted octanol–water partition coefficient (Wildman–Crippen LogP) is 6.28. The summed E-state index contributed by atoms with van der Waals surface area (Å²) in [6.45, 7) is 7.07. The topological polar surface area (TPSA) is 9.23 Å². The molecule has 0 radical (unpaired) electrons. The lowest BCUT2D eigenvalue weighted by atomic mass is 9.70. The van der Waals surface area contributed by atoms with Gasteiger partial charge in [-0.3, -0.25) is 0 Å². The summed E-state index contributed by atoms with van der Waals surface area (Å²) in [5.41, 5.74) is 0. The Labute approximate surface area is 156 Å². The number of rotatable bonds is 6. The summed E-state index contributed by atoms with van der Waals surface area (Å²) in [4.78, 5) is 0. The molecule has 1 nitrogen and oxygen atoms in total. The second-order valence-electron chi connectivity index (χ2n) is 9.10. The van der Waals surface area contributed by atoms with Crippen LogP contribution >= 0.6 is 0 Å². The van der Waals surface area contributed by atoms with Gasteiger partial charge in [0.25, 0.3) is 0 Å².